The Hall–Kier alpha value is -1.63. The molecule has 1 saturated heterocycles. The maximum absolute atomic E-state index is 12.3. The third kappa shape index (κ3) is 3.55. The molecule has 2 fully saturated rings. The van der Waals surface area contributed by atoms with E-state index in [9.17, 15) is 9.90 Å². The highest BCUT2D eigenvalue weighted by Crippen LogP contribution is 2.36. The second-order valence-corrected chi connectivity index (χ2v) is 6.66. The Kier molecular flexibility index (Phi) is 5.08. The van der Waals surface area contributed by atoms with Crippen LogP contribution in [0.25, 0.3) is 0 Å². The van der Waals surface area contributed by atoms with E-state index < -0.39 is 5.79 Å². The van der Waals surface area contributed by atoms with Crippen molar-refractivity contribution < 1.29 is 19.4 Å². The van der Waals surface area contributed by atoms with Crippen molar-refractivity contribution in [1.82, 2.24) is 5.32 Å². The fourth-order valence-electron chi connectivity index (χ4n) is 3.43. The topological polar surface area (TPSA) is 71.0 Å². The first kappa shape index (κ1) is 17.2. The molecule has 132 valence electrons. The number of carbonyl (C=O) groups excluding carboxylic acids is 1. The van der Waals surface area contributed by atoms with Gasteiger partial charge in [0.25, 0.3) is 5.91 Å². The number of rotatable bonds is 5. The largest absolute Gasteiger partial charge is 0.393 e. The van der Waals surface area contributed by atoms with Gasteiger partial charge >= 0.3 is 0 Å². The van der Waals surface area contributed by atoms with Gasteiger partial charge in [-0.15, -0.1) is 0 Å². The Balaban J connectivity index is 1.53. The lowest BCUT2D eigenvalue weighted by Crippen LogP contribution is -2.57. The third-order valence-electron chi connectivity index (χ3n) is 5.15. The van der Waals surface area contributed by atoms with Crippen molar-refractivity contribution >= 4 is 11.6 Å². The second kappa shape index (κ2) is 7.09. The van der Waals surface area contributed by atoms with E-state index in [2.05, 4.69) is 10.2 Å². The van der Waals surface area contributed by atoms with Crippen molar-refractivity contribution in [3.8, 4) is 0 Å². The maximum Gasteiger partial charge on any atom is 0.251 e. The van der Waals surface area contributed by atoms with Gasteiger partial charge in [0.2, 0.25) is 0 Å². The van der Waals surface area contributed by atoms with Gasteiger partial charge in [0.05, 0.1) is 6.10 Å². The minimum atomic E-state index is -0.541. The molecule has 1 aliphatic heterocycles. The number of nitrogens with one attached hydrogen (secondary N) is 1. The van der Waals surface area contributed by atoms with Gasteiger partial charge in [-0.2, -0.15) is 0 Å². The summed E-state index contributed by atoms with van der Waals surface area (Å²) in [5.74, 6) is -0.609. The summed E-state index contributed by atoms with van der Waals surface area (Å²) in [5.41, 5.74) is 1.75. The van der Waals surface area contributed by atoms with Crippen LogP contribution in [-0.2, 0) is 9.47 Å². The quantitative estimate of drug-likeness (QED) is 0.799. The van der Waals surface area contributed by atoms with Crippen molar-refractivity contribution in [2.24, 2.45) is 0 Å². The number of hydrogen-bond acceptors (Lipinski definition) is 5. The summed E-state index contributed by atoms with van der Waals surface area (Å²) in [4.78, 5) is 14.6. The number of anilines is 1. The van der Waals surface area contributed by atoms with Crippen molar-refractivity contribution in [3.05, 3.63) is 29.8 Å². The second-order valence-electron chi connectivity index (χ2n) is 6.66. The van der Waals surface area contributed by atoms with Gasteiger partial charge in [-0.1, -0.05) is 0 Å². The maximum atomic E-state index is 12.3. The first-order valence-electron chi connectivity index (χ1n) is 8.49. The van der Waals surface area contributed by atoms with Crippen molar-refractivity contribution in [3.63, 3.8) is 0 Å². The van der Waals surface area contributed by atoms with E-state index in [1.807, 2.05) is 24.3 Å². The molecule has 6 heteroatoms. The number of amides is 1. The van der Waals surface area contributed by atoms with Crippen LogP contribution in [0.4, 0.5) is 5.69 Å². The molecule has 1 saturated carbocycles. The minimum absolute atomic E-state index is 0.0681. The van der Waals surface area contributed by atoms with Crippen LogP contribution in [0.15, 0.2) is 24.3 Å². The summed E-state index contributed by atoms with van der Waals surface area (Å²) in [6.45, 7) is 1.70. The Morgan fingerprint density at radius 3 is 2.29 bits per heavy atom. The highest BCUT2D eigenvalue weighted by Gasteiger charge is 2.45. The zero-order valence-corrected chi connectivity index (χ0v) is 14.3. The number of ether oxygens (including phenoxy) is 2. The Morgan fingerprint density at radius 2 is 1.75 bits per heavy atom. The standard InChI is InChI=1S/C18H26N2O4/c1-23-18(24-2)11-14(12-18)19-17(22)13-3-5-15(6-4-13)20-9-7-16(21)8-10-20/h3-6,14,16,21H,7-12H2,1-2H3,(H,19,22). The zero-order valence-electron chi connectivity index (χ0n) is 14.3. The smallest absolute Gasteiger partial charge is 0.251 e. The van der Waals surface area contributed by atoms with E-state index in [0.717, 1.165) is 31.6 Å². The summed E-state index contributed by atoms with van der Waals surface area (Å²) < 4.78 is 10.7. The highest BCUT2D eigenvalue weighted by molar-refractivity contribution is 5.94. The molecule has 6 nitrogen and oxygen atoms in total. The number of hydrogen-bond donors (Lipinski definition) is 2. The minimum Gasteiger partial charge on any atom is -0.393 e. The molecule has 1 heterocycles. The molecule has 2 N–H and O–H groups in total. The van der Waals surface area contributed by atoms with Crippen LogP contribution < -0.4 is 10.2 Å². The molecule has 0 spiro atoms. The van der Waals surface area contributed by atoms with Crippen molar-refractivity contribution in [2.45, 2.75) is 43.6 Å². The predicted molar refractivity (Wildman–Crippen MR) is 91.1 cm³/mol. The van der Waals surface area contributed by atoms with E-state index in [1.54, 1.807) is 14.2 Å². The van der Waals surface area contributed by atoms with Gasteiger partial charge in [-0.3, -0.25) is 4.79 Å². The van der Waals surface area contributed by atoms with Gasteiger partial charge in [0, 0.05) is 57.4 Å². The van der Waals surface area contributed by atoms with Crippen LogP contribution in [0.2, 0.25) is 0 Å². The van der Waals surface area contributed by atoms with E-state index in [4.69, 9.17) is 9.47 Å². The summed E-state index contributed by atoms with van der Waals surface area (Å²) in [5, 5.41) is 12.6. The SMILES string of the molecule is COC1(OC)CC(NC(=O)c2ccc(N3CCC(O)CC3)cc2)C1. The number of nitrogens with zero attached hydrogens (tertiary/aromatic N) is 1. The third-order valence-corrected chi connectivity index (χ3v) is 5.15. The number of carbonyl (C=O) groups is 1. The van der Waals surface area contributed by atoms with Crippen LogP contribution in [0.5, 0.6) is 0 Å². The molecule has 0 unspecified atom stereocenters. The first-order chi connectivity index (χ1) is 11.5. The summed E-state index contributed by atoms with van der Waals surface area (Å²) >= 11 is 0. The number of aliphatic hydroxyl groups is 1. The number of piperidine rings is 1. The van der Waals surface area contributed by atoms with Crippen molar-refractivity contribution in [2.75, 3.05) is 32.2 Å². The highest BCUT2D eigenvalue weighted by atomic mass is 16.7. The predicted octanol–water partition coefficient (Wildman–Crippen LogP) is 1.53. The summed E-state index contributed by atoms with van der Waals surface area (Å²) in [6, 6.07) is 7.74. The molecular weight excluding hydrogens is 308 g/mol. The number of aliphatic hydroxyl groups excluding tert-OH is 1. The van der Waals surface area contributed by atoms with E-state index in [0.29, 0.717) is 18.4 Å². The molecule has 2 aliphatic rings. The summed E-state index contributed by atoms with van der Waals surface area (Å²) in [6.07, 6.45) is 2.75. The average Bonchev–Trinajstić information content (AvgIpc) is 2.58. The van der Waals surface area contributed by atoms with Gasteiger partial charge in [0.15, 0.2) is 5.79 Å². The van der Waals surface area contributed by atoms with Crippen LogP contribution in [0.3, 0.4) is 0 Å². The van der Waals surface area contributed by atoms with E-state index in [1.165, 1.54) is 0 Å². The Labute approximate surface area is 142 Å². The molecule has 0 bridgehead atoms. The molecule has 0 radical (unpaired) electrons. The average molecular weight is 334 g/mol. The van der Waals surface area contributed by atoms with Gasteiger partial charge < -0.3 is 24.8 Å². The molecule has 0 aromatic heterocycles. The van der Waals surface area contributed by atoms with E-state index >= 15 is 0 Å². The van der Waals surface area contributed by atoms with Crippen molar-refractivity contribution in [1.29, 1.82) is 0 Å². The molecule has 1 aromatic rings. The number of methoxy groups -OCH3 is 2. The van der Waals surface area contributed by atoms with Gasteiger partial charge in [-0.05, 0) is 37.1 Å². The lowest BCUT2D eigenvalue weighted by atomic mass is 9.84. The van der Waals surface area contributed by atoms with Gasteiger partial charge in [-0.25, -0.2) is 0 Å². The van der Waals surface area contributed by atoms with Gasteiger partial charge in [0.1, 0.15) is 0 Å². The zero-order chi connectivity index (χ0) is 17.2. The Bertz CT molecular complexity index is 555. The molecule has 1 amide bonds. The lowest BCUT2D eigenvalue weighted by Gasteiger charge is -2.45. The molecule has 0 atom stereocenters. The summed E-state index contributed by atoms with van der Waals surface area (Å²) in [7, 11) is 3.25. The molecule has 1 aromatic carbocycles. The molecule has 1 aliphatic carbocycles. The molecule has 3 rings (SSSR count). The normalized spacial score (nSPS) is 21.4. The fraction of sp³-hybridized carbons (Fsp3) is 0.611. The first-order valence-corrected chi connectivity index (χ1v) is 8.49. The molecule has 24 heavy (non-hydrogen) atoms. The van der Waals surface area contributed by atoms with E-state index in [-0.39, 0.29) is 18.1 Å². The Morgan fingerprint density at radius 1 is 1.17 bits per heavy atom. The number of benzene rings is 1. The van der Waals surface area contributed by atoms with Crippen LogP contribution in [0, 0.1) is 0 Å². The monoisotopic (exact) mass is 334 g/mol. The van der Waals surface area contributed by atoms with Crippen LogP contribution >= 0.6 is 0 Å². The van der Waals surface area contributed by atoms with Crippen LogP contribution in [-0.4, -0.2) is 56.3 Å². The lowest BCUT2D eigenvalue weighted by molar-refractivity contribution is -0.258. The molecular formula is C18H26N2O4. The fourth-order valence-corrected chi connectivity index (χ4v) is 3.43. The van der Waals surface area contributed by atoms with Crippen LogP contribution in [0.1, 0.15) is 36.0 Å².